The van der Waals surface area contributed by atoms with Crippen molar-refractivity contribution in [3.8, 4) is 0 Å². The Morgan fingerprint density at radius 3 is 2.58 bits per heavy atom. The normalized spacial score (nSPS) is 14.9. The van der Waals surface area contributed by atoms with Gasteiger partial charge in [0.2, 0.25) is 5.91 Å². The highest BCUT2D eigenvalue weighted by molar-refractivity contribution is 8.26. The van der Waals surface area contributed by atoms with Crippen molar-refractivity contribution >= 4 is 74.3 Å². The fourth-order valence-corrected chi connectivity index (χ4v) is 5.12. The molecule has 0 saturated carbocycles. The van der Waals surface area contributed by atoms with Gasteiger partial charge >= 0.3 is 0 Å². The van der Waals surface area contributed by atoms with Crippen molar-refractivity contribution in [1.82, 2.24) is 4.90 Å². The molecule has 1 saturated heterocycles. The minimum atomic E-state index is -0.0614. The van der Waals surface area contributed by atoms with E-state index in [-0.39, 0.29) is 11.8 Å². The third-order valence-corrected chi connectivity index (χ3v) is 7.02. The van der Waals surface area contributed by atoms with Gasteiger partial charge in [0.1, 0.15) is 4.32 Å². The lowest BCUT2D eigenvalue weighted by molar-refractivity contribution is -0.122. The number of anilines is 1. The number of unbranched alkanes of at least 4 members (excludes halogenated alkanes) is 2. The van der Waals surface area contributed by atoms with Crippen LogP contribution in [-0.4, -0.2) is 27.6 Å². The first kappa shape index (κ1) is 23.5. The van der Waals surface area contributed by atoms with Crippen molar-refractivity contribution in [2.75, 3.05) is 11.9 Å². The quantitative estimate of drug-likeness (QED) is 0.210. The lowest BCUT2D eigenvalue weighted by atomic mass is 10.1. The molecule has 0 atom stereocenters. The lowest BCUT2D eigenvalue weighted by Gasteiger charge is -2.14. The molecule has 1 heterocycles. The molecule has 1 aliphatic rings. The number of fused-ring (bicyclic) bond motifs is 1. The number of hydrogen-bond acceptors (Lipinski definition) is 4. The predicted octanol–water partition coefficient (Wildman–Crippen LogP) is 6.89. The van der Waals surface area contributed by atoms with Crippen molar-refractivity contribution in [2.24, 2.45) is 0 Å². The maximum atomic E-state index is 12.7. The first-order valence-electron chi connectivity index (χ1n) is 10.8. The molecule has 33 heavy (non-hydrogen) atoms. The minimum Gasteiger partial charge on any atom is -0.326 e. The van der Waals surface area contributed by atoms with Crippen LogP contribution in [0, 0.1) is 0 Å². The van der Waals surface area contributed by atoms with Gasteiger partial charge in [-0.3, -0.25) is 14.5 Å². The van der Waals surface area contributed by atoms with Crippen LogP contribution >= 0.6 is 35.6 Å². The van der Waals surface area contributed by atoms with Crippen molar-refractivity contribution in [2.45, 2.75) is 25.7 Å². The summed E-state index contributed by atoms with van der Waals surface area (Å²) in [6.45, 7) is 0.563. The SMILES string of the molecule is O=C(CCCCCN1C(=O)/C(=C/c2ccc(Cl)cc2)SC1=S)Nc1cccc2ccccc12. The Hall–Kier alpha value is -2.67. The van der Waals surface area contributed by atoms with Crippen LogP contribution in [0.2, 0.25) is 5.02 Å². The number of carbonyl (C=O) groups excluding carboxylic acids is 2. The molecule has 1 fully saturated rings. The zero-order valence-electron chi connectivity index (χ0n) is 17.9. The molecule has 1 aliphatic heterocycles. The van der Waals surface area contributed by atoms with Crippen molar-refractivity contribution in [3.05, 3.63) is 82.2 Å². The van der Waals surface area contributed by atoms with Crippen LogP contribution in [0.25, 0.3) is 16.8 Å². The first-order valence-corrected chi connectivity index (χ1v) is 12.4. The summed E-state index contributed by atoms with van der Waals surface area (Å²) in [6, 6.07) is 21.2. The van der Waals surface area contributed by atoms with E-state index in [0.29, 0.717) is 27.2 Å². The van der Waals surface area contributed by atoms with Crippen LogP contribution in [-0.2, 0) is 9.59 Å². The van der Waals surface area contributed by atoms with Gasteiger partial charge < -0.3 is 5.32 Å². The molecule has 4 rings (SSSR count). The molecule has 0 aliphatic carbocycles. The highest BCUT2D eigenvalue weighted by atomic mass is 35.5. The molecule has 0 bridgehead atoms. The maximum absolute atomic E-state index is 12.7. The summed E-state index contributed by atoms with van der Waals surface area (Å²) < 4.78 is 0.578. The Morgan fingerprint density at radius 1 is 1.00 bits per heavy atom. The van der Waals surface area contributed by atoms with Crippen LogP contribution < -0.4 is 5.32 Å². The van der Waals surface area contributed by atoms with Crippen LogP contribution in [0.3, 0.4) is 0 Å². The molecule has 7 heteroatoms. The van der Waals surface area contributed by atoms with Gasteiger partial charge in [0.25, 0.3) is 5.91 Å². The van der Waals surface area contributed by atoms with Gasteiger partial charge in [-0.1, -0.05) is 90.5 Å². The van der Waals surface area contributed by atoms with Gasteiger partial charge in [0, 0.05) is 29.1 Å². The van der Waals surface area contributed by atoms with E-state index >= 15 is 0 Å². The summed E-state index contributed by atoms with van der Waals surface area (Å²) in [5.74, 6) is -0.0588. The summed E-state index contributed by atoms with van der Waals surface area (Å²) >= 11 is 12.7. The van der Waals surface area contributed by atoms with Gasteiger partial charge in [-0.2, -0.15) is 0 Å². The van der Waals surface area contributed by atoms with E-state index in [1.54, 1.807) is 17.0 Å². The lowest BCUT2D eigenvalue weighted by Crippen LogP contribution is -2.29. The molecule has 3 aromatic carbocycles. The smallest absolute Gasteiger partial charge is 0.266 e. The molecule has 0 spiro atoms. The Morgan fingerprint density at radius 2 is 1.76 bits per heavy atom. The van der Waals surface area contributed by atoms with Gasteiger partial charge in [0.15, 0.2) is 0 Å². The van der Waals surface area contributed by atoms with Gasteiger partial charge in [-0.15, -0.1) is 0 Å². The van der Waals surface area contributed by atoms with E-state index in [1.165, 1.54) is 11.8 Å². The summed E-state index contributed by atoms with van der Waals surface area (Å²) in [4.78, 5) is 27.4. The second-order valence-electron chi connectivity index (χ2n) is 7.77. The molecule has 0 aromatic heterocycles. The van der Waals surface area contributed by atoms with Crippen LogP contribution in [0.1, 0.15) is 31.2 Å². The number of amides is 2. The van der Waals surface area contributed by atoms with Crippen LogP contribution in [0.5, 0.6) is 0 Å². The Balaban J connectivity index is 1.22. The number of halogens is 1. The monoisotopic (exact) mass is 494 g/mol. The molecule has 168 valence electrons. The van der Waals surface area contributed by atoms with Crippen molar-refractivity contribution < 1.29 is 9.59 Å². The second-order valence-corrected chi connectivity index (χ2v) is 9.88. The van der Waals surface area contributed by atoms with Crippen molar-refractivity contribution in [3.63, 3.8) is 0 Å². The third-order valence-electron chi connectivity index (χ3n) is 5.39. The number of hydrogen-bond donors (Lipinski definition) is 1. The molecule has 4 nitrogen and oxygen atoms in total. The fourth-order valence-electron chi connectivity index (χ4n) is 3.68. The predicted molar refractivity (Wildman–Crippen MR) is 142 cm³/mol. The molecule has 0 unspecified atom stereocenters. The van der Waals surface area contributed by atoms with Gasteiger partial charge in [0.05, 0.1) is 4.91 Å². The van der Waals surface area contributed by atoms with Crippen LogP contribution in [0.15, 0.2) is 71.6 Å². The van der Waals surface area contributed by atoms with Gasteiger partial charge in [-0.25, -0.2) is 0 Å². The summed E-state index contributed by atoms with van der Waals surface area (Å²) in [5, 5.41) is 5.82. The van der Waals surface area contributed by atoms with E-state index in [4.69, 9.17) is 23.8 Å². The first-order chi connectivity index (χ1) is 16.0. The molecule has 2 amide bonds. The average molecular weight is 495 g/mol. The number of nitrogens with zero attached hydrogens (tertiary/aromatic N) is 1. The average Bonchev–Trinajstić information content (AvgIpc) is 3.08. The topological polar surface area (TPSA) is 49.4 Å². The Bertz CT molecular complexity index is 1220. The third kappa shape index (κ3) is 6.02. The fraction of sp³-hybridized carbons (Fsp3) is 0.192. The molecular formula is C26H23ClN2O2S2. The zero-order chi connectivity index (χ0) is 23.2. The highest BCUT2D eigenvalue weighted by Crippen LogP contribution is 2.33. The number of rotatable bonds is 8. The number of thiocarbonyl (C=S) groups is 1. The molecular weight excluding hydrogens is 472 g/mol. The van der Waals surface area contributed by atoms with E-state index in [0.717, 1.165) is 41.3 Å². The molecule has 1 N–H and O–H groups in total. The standard InChI is InChI=1S/C26H23ClN2O2S2/c27-20-14-12-18(13-15-20)17-23-25(31)29(26(32)33-23)16-5-1-2-11-24(30)28-22-10-6-8-19-7-3-4-9-21(19)22/h3-4,6-10,12-15,17H,1-2,5,11,16H2,(H,28,30)/b23-17-. The zero-order valence-corrected chi connectivity index (χ0v) is 20.3. The number of nitrogens with one attached hydrogen (secondary N) is 1. The Kier molecular flexibility index (Phi) is 7.81. The van der Waals surface area contributed by atoms with E-state index in [2.05, 4.69) is 5.32 Å². The summed E-state index contributed by atoms with van der Waals surface area (Å²) in [5.41, 5.74) is 1.75. The van der Waals surface area contributed by atoms with E-state index in [1.807, 2.05) is 60.7 Å². The summed E-state index contributed by atoms with van der Waals surface area (Å²) in [6.07, 6.45) is 4.68. The summed E-state index contributed by atoms with van der Waals surface area (Å²) in [7, 11) is 0. The largest absolute Gasteiger partial charge is 0.326 e. The minimum absolute atomic E-state index is 0.00265. The van der Waals surface area contributed by atoms with E-state index < -0.39 is 0 Å². The van der Waals surface area contributed by atoms with Gasteiger partial charge in [-0.05, 0) is 48.1 Å². The number of carbonyl (C=O) groups is 2. The number of thioether (sulfide) groups is 1. The molecule has 0 radical (unpaired) electrons. The van der Waals surface area contributed by atoms with Crippen molar-refractivity contribution in [1.29, 1.82) is 0 Å². The maximum Gasteiger partial charge on any atom is 0.266 e. The second kappa shape index (κ2) is 11.0. The highest BCUT2D eigenvalue weighted by Gasteiger charge is 2.31. The molecule has 3 aromatic rings. The Labute approximate surface area is 208 Å². The van der Waals surface area contributed by atoms with E-state index in [9.17, 15) is 9.59 Å². The van der Waals surface area contributed by atoms with Crippen LogP contribution in [0.4, 0.5) is 5.69 Å². The number of benzene rings is 3.